The van der Waals surface area contributed by atoms with E-state index in [9.17, 15) is 17.2 Å². The van der Waals surface area contributed by atoms with Crippen LogP contribution in [-0.2, 0) is 15.6 Å². The first-order valence-corrected chi connectivity index (χ1v) is 8.32. The highest BCUT2D eigenvalue weighted by Crippen LogP contribution is 2.39. The lowest BCUT2D eigenvalue weighted by Crippen LogP contribution is -2.17. The summed E-state index contributed by atoms with van der Waals surface area (Å²) < 4.78 is 54.5. The van der Waals surface area contributed by atoms with Crippen molar-refractivity contribution in [2.45, 2.75) is 11.1 Å². The summed E-state index contributed by atoms with van der Waals surface area (Å²) in [5, 5.41) is -1.42. The second-order valence-corrected chi connectivity index (χ2v) is 7.24. The molecular weight excluding hydrogens is 310 g/mol. The molecule has 1 unspecified atom stereocenters. The smallest absolute Gasteiger partial charge is 0.183 e. The number of fused-ring (bicyclic) bond motifs is 3. The van der Waals surface area contributed by atoms with Crippen molar-refractivity contribution in [1.29, 1.82) is 0 Å². The predicted molar refractivity (Wildman–Crippen MR) is 76.9 cm³/mol. The summed E-state index contributed by atoms with van der Waals surface area (Å²) >= 11 is 0. The van der Waals surface area contributed by atoms with Gasteiger partial charge in [-0.25, -0.2) is 22.2 Å². The fourth-order valence-corrected chi connectivity index (χ4v) is 4.79. The van der Waals surface area contributed by atoms with Crippen molar-refractivity contribution in [2.24, 2.45) is 0 Å². The van der Waals surface area contributed by atoms with E-state index in [4.69, 9.17) is 0 Å². The summed E-state index contributed by atoms with van der Waals surface area (Å²) in [6, 6.07) is 10.3. The van der Waals surface area contributed by atoms with Gasteiger partial charge in [-0.05, 0) is 24.3 Å². The predicted octanol–water partition coefficient (Wildman–Crippen LogP) is 2.79. The van der Waals surface area contributed by atoms with Gasteiger partial charge >= 0.3 is 0 Å². The van der Waals surface area contributed by atoms with Crippen LogP contribution >= 0.6 is 0 Å². The monoisotopic (exact) mass is 320 g/mol. The molecule has 3 aromatic rings. The van der Waals surface area contributed by atoms with E-state index in [2.05, 4.69) is 4.98 Å². The third-order valence-corrected chi connectivity index (χ3v) is 5.61. The number of hydrogen-bond donors (Lipinski definition) is 0. The van der Waals surface area contributed by atoms with E-state index in [1.165, 1.54) is 10.6 Å². The van der Waals surface area contributed by atoms with Gasteiger partial charge in [-0.15, -0.1) is 0 Å². The third kappa shape index (κ3) is 1.72. The minimum atomic E-state index is -3.77. The largest absolute Gasteiger partial charge is 0.305 e. The number of rotatable bonds is 1. The molecule has 0 fully saturated rings. The molecule has 0 amide bonds. The van der Waals surface area contributed by atoms with E-state index >= 15 is 0 Å². The first-order chi connectivity index (χ1) is 10.5. The van der Waals surface area contributed by atoms with E-state index in [-0.39, 0.29) is 5.75 Å². The maximum Gasteiger partial charge on any atom is 0.183 e. The quantitative estimate of drug-likeness (QED) is 0.693. The molecule has 0 N–H and O–H groups in total. The number of aromatic nitrogens is 2. The molecule has 7 heteroatoms. The Balaban J connectivity index is 2.08. The van der Waals surface area contributed by atoms with E-state index in [1.807, 2.05) is 0 Å². The lowest BCUT2D eigenvalue weighted by Gasteiger charge is -2.15. The normalized spacial score (nSPS) is 19.5. The molecule has 22 heavy (non-hydrogen) atoms. The van der Waals surface area contributed by atoms with Gasteiger partial charge in [0.25, 0.3) is 0 Å². The lowest BCUT2D eigenvalue weighted by atomic mass is 10.2. The second-order valence-electron chi connectivity index (χ2n) is 5.18. The molecule has 1 aliphatic rings. The Labute approximate surface area is 124 Å². The van der Waals surface area contributed by atoms with Crippen LogP contribution in [0.3, 0.4) is 0 Å². The minimum absolute atomic E-state index is 0.300. The summed E-state index contributed by atoms with van der Waals surface area (Å²) in [5.74, 6) is -1.78. The minimum Gasteiger partial charge on any atom is -0.305 e. The number of para-hydroxylation sites is 2. The van der Waals surface area contributed by atoms with Crippen molar-refractivity contribution in [3.63, 3.8) is 0 Å². The van der Waals surface area contributed by atoms with Gasteiger partial charge in [0.15, 0.2) is 15.2 Å². The van der Waals surface area contributed by atoms with Crippen molar-refractivity contribution in [1.82, 2.24) is 9.55 Å². The molecule has 1 atom stereocenters. The molecule has 112 valence electrons. The maximum absolute atomic E-state index is 14.1. The molecule has 4 rings (SSSR count). The fourth-order valence-electron chi connectivity index (χ4n) is 2.93. The Kier molecular flexibility index (Phi) is 2.65. The van der Waals surface area contributed by atoms with Crippen LogP contribution in [0, 0.1) is 11.6 Å². The number of nitrogens with zero attached hydrogens (tertiary/aromatic N) is 2. The molecule has 2 heterocycles. The van der Waals surface area contributed by atoms with E-state index < -0.39 is 32.4 Å². The molecule has 0 bridgehead atoms. The van der Waals surface area contributed by atoms with Gasteiger partial charge in [0.1, 0.15) is 23.2 Å². The van der Waals surface area contributed by atoms with E-state index in [1.54, 1.807) is 24.3 Å². The molecular formula is C15H10F2N2O2S. The third-order valence-electron chi connectivity index (χ3n) is 3.82. The van der Waals surface area contributed by atoms with Crippen LogP contribution in [-0.4, -0.2) is 18.0 Å². The van der Waals surface area contributed by atoms with Crippen molar-refractivity contribution >= 4 is 20.9 Å². The number of sulfone groups is 1. The second kappa shape index (κ2) is 4.36. The van der Waals surface area contributed by atoms with Gasteiger partial charge in [-0.2, -0.15) is 0 Å². The molecule has 2 aromatic carbocycles. The highest BCUT2D eigenvalue weighted by atomic mass is 32.2. The summed E-state index contributed by atoms with van der Waals surface area (Å²) in [6.07, 6.45) is 0. The molecule has 0 aliphatic carbocycles. The van der Waals surface area contributed by atoms with Gasteiger partial charge in [0.05, 0.1) is 16.6 Å². The fraction of sp³-hybridized carbons (Fsp3) is 0.133. The average molecular weight is 320 g/mol. The molecule has 1 aliphatic heterocycles. The van der Waals surface area contributed by atoms with Crippen LogP contribution in [0.15, 0.2) is 42.5 Å². The highest BCUT2D eigenvalue weighted by Gasteiger charge is 2.42. The topological polar surface area (TPSA) is 52.0 Å². The van der Waals surface area contributed by atoms with Crippen LogP contribution in [0.1, 0.15) is 16.8 Å². The number of benzene rings is 2. The Bertz CT molecular complexity index is 991. The molecule has 0 saturated heterocycles. The molecule has 0 saturated carbocycles. The van der Waals surface area contributed by atoms with Crippen LogP contribution in [0.25, 0.3) is 11.0 Å². The summed E-state index contributed by atoms with van der Waals surface area (Å²) in [5.41, 5.74) is 0.699. The van der Waals surface area contributed by atoms with E-state index in [0.29, 0.717) is 16.9 Å². The van der Waals surface area contributed by atoms with Crippen LogP contribution in [0.5, 0.6) is 0 Å². The summed E-state index contributed by atoms with van der Waals surface area (Å²) in [7, 11) is -3.77. The molecule has 0 spiro atoms. The molecule has 0 radical (unpaired) electrons. The van der Waals surface area contributed by atoms with E-state index in [0.717, 1.165) is 12.1 Å². The van der Waals surface area contributed by atoms with Gasteiger partial charge < -0.3 is 4.57 Å². The highest BCUT2D eigenvalue weighted by molar-refractivity contribution is 7.91. The van der Waals surface area contributed by atoms with Crippen molar-refractivity contribution in [2.75, 3.05) is 0 Å². The maximum atomic E-state index is 14.1. The van der Waals surface area contributed by atoms with Gasteiger partial charge in [0, 0.05) is 0 Å². The van der Waals surface area contributed by atoms with Crippen LogP contribution < -0.4 is 0 Å². The van der Waals surface area contributed by atoms with Crippen molar-refractivity contribution < 1.29 is 17.2 Å². The Morgan fingerprint density at radius 3 is 2.45 bits per heavy atom. The van der Waals surface area contributed by atoms with Gasteiger partial charge in [-0.3, -0.25) is 0 Å². The summed E-state index contributed by atoms with van der Waals surface area (Å²) in [6.45, 7) is 0. The molecule has 4 nitrogen and oxygen atoms in total. The number of imidazole rings is 1. The zero-order chi connectivity index (χ0) is 15.5. The first-order valence-electron chi connectivity index (χ1n) is 6.60. The van der Waals surface area contributed by atoms with Crippen molar-refractivity contribution in [3.8, 4) is 0 Å². The average Bonchev–Trinajstić information content (AvgIpc) is 2.91. The van der Waals surface area contributed by atoms with Gasteiger partial charge in [-0.1, -0.05) is 18.2 Å². The van der Waals surface area contributed by atoms with Crippen LogP contribution in [0.4, 0.5) is 8.78 Å². The Morgan fingerprint density at radius 2 is 1.73 bits per heavy atom. The number of hydrogen-bond acceptors (Lipinski definition) is 3. The SMILES string of the molecule is O=S1(=O)Cc2nc3ccccc3n2C1c1c(F)cccc1F. The summed E-state index contributed by atoms with van der Waals surface area (Å²) in [4.78, 5) is 4.26. The first kappa shape index (κ1) is 13.4. The standard InChI is InChI=1S/C15H10F2N2O2S/c16-9-4-3-5-10(17)14(9)15-19-12-7-2-1-6-11(12)18-13(19)8-22(15,20)21/h1-7,15H,8H2. The zero-order valence-corrected chi connectivity index (χ0v) is 12.0. The Hall–Kier alpha value is -2.28. The van der Waals surface area contributed by atoms with Gasteiger partial charge in [0.2, 0.25) is 0 Å². The molecule has 1 aromatic heterocycles. The number of halogens is 2. The van der Waals surface area contributed by atoms with Crippen molar-refractivity contribution in [3.05, 3.63) is 65.5 Å². The van der Waals surface area contributed by atoms with Crippen LogP contribution in [0.2, 0.25) is 0 Å². The zero-order valence-electron chi connectivity index (χ0n) is 11.2. The lowest BCUT2D eigenvalue weighted by molar-refractivity contribution is 0.528. The Morgan fingerprint density at radius 1 is 1.05 bits per heavy atom.